The van der Waals surface area contributed by atoms with E-state index in [0.29, 0.717) is 6.04 Å². The number of anilines is 2. The standard InChI is InChI=1S/C17H30N4/c1-3-13-21(14-4-2)17-18-12-11-16(20-17)19-15-9-7-5-6-8-10-15/h11-12,15H,3-10,13-14H2,1-2H3,(H,18,19,20). The molecule has 0 saturated heterocycles. The average Bonchev–Trinajstić information content (AvgIpc) is 2.76. The second kappa shape index (κ2) is 8.85. The van der Waals surface area contributed by atoms with Crippen LogP contribution in [0.25, 0.3) is 0 Å². The lowest BCUT2D eigenvalue weighted by Gasteiger charge is -2.23. The molecule has 0 spiro atoms. The van der Waals surface area contributed by atoms with Gasteiger partial charge in [-0.3, -0.25) is 0 Å². The molecule has 1 saturated carbocycles. The third kappa shape index (κ3) is 5.18. The fourth-order valence-electron chi connectivity index (χ4n) is 3.07. The second-order valence-electron chi connectivity index (χ2n) is 6.06. The van der Waals surface area contributed by atoms with Crippen LogP contribution in [0.5, 0.6) is 0 Å². The van der Waals surface area contributed by atoms with Gasteiger partial charge >= 0.3 is 0 Å². The van der Waals surface area contributed by atoms with Gasteiger partial charge in [-0.05, 0) is 31.7 Å². The van der Waals surface area contributed by atoms with Crippen molar-refractivity contribution < 1.29 is 0 Å². The summed E-state index contributed by atoms with van der Waals surface area (Å²) in [7, 11) is 0. The Morgan fingerprint density at radius 2 is 1.76 bits per heavy atom. The minimum absolute atomic E-state index is 0.584. The normalized spacial score (nSPS) is 16.5. The summed E-state index contributed by atoms with van der Waals surface area (Å²) in [5.74, 6) is 1.86. The maximum absolute atomic E-state index is 4.74. The molecule has 0 atom stereocenters. The van der Waals surface area contributed by atoms with Gasteiger partial charge in [0.1, 0.15) is 5.82 Å². The number of hydrogen-bond acceptors (Lipinski definition) is 4. The van der Waals surface area contributed by atoms with E-state index in [1.807, 2.05) is 12.3 Å². The van der Waals surface area contributed by atoms with Gasteiger partial charge in [0, 0.05) is 25.3 Å². The summed E-state index contributed by atoms with van der Waals surface area (Å²) in [5.41, 5.74) is 0. The van der Waals surface area contributed by atoms with E-state index in [1.165, 1.54) is 38.5 Å². The van der Waals surface area contributed by atoms with Crippen molar-refractivity contribution in [2.45, 2.75) is 71.3 Å². The monoisotopic (exact) mass is 290 g/mol. The van der Waals surface area contributed by atoms with E-state index in [2.05, 4.69) is 29.0 Å². The Morgan fingerprint density at radius 3 is 2.38 bits per heavy atom. The summed E-state index contributed by atoms with van der Waals surface area (Å²) in [6.45, 7) is 6.47. The van der Waals surface area contributed by atoms with Crippen LogP contribution in [0.15, 0.2) is 12.3 Å². The Bertz CT molecular complexity index is 394. The Hall–Kier alpha value is -1.32. The number of rotatable bonds is 7. The van der Waals surface area contributed by atoms with Crippen molar-refractivity contribution in [2.75, 3.05) is 23.3 Å². The lowest BCUT2D eigenvalue weighted by molar-refractivity contribution is 0.617. The van der Waals surface area contributed by atoms with Crippen molar-refractivity contribution in [1.82, 2.24) is 9.97 Å². The van der Waals surface area contributed by atoms with Crippen LogP contribution in [0.2, 0.25) is 0 Å². The first-order valence-corrected chi connectivity index (χ1v) is 8.68. The minimum atomic E-state index is 0.584. The molecule has 0 aliphatic heterocycles. The number of nitrogens with one attached hydrogen (secondary N) is 1. The molecule has 1 aromatic heterocycles. The average molecular weight is 290 g/mol. The molecule has 0 amide bonds. The summed E-state index contributed by atoms with van der Waals surface area (Å²) in [6.07, 6.45) is 12.1. The van der Waals surface area contributed by atoms with Gasteiger partial charge in [0.15, 0.2) is 0 Å². The lowest BCUT2D eigenvalue weighted by Crippen LogP contribution is -2.27. The maximum atomic E-state index is 4.74. The molecule has 1 aliphatic carbocycles. The van der Waals surface area contributed by atoms with Gasteiger partial charge < -0.3 is 10.2 Å². The minimum Gasteiger partial charge on any atom is -0.367 e. The highest BCUT2D eigenvalue weighted by atomic mass is 15.3. The summed E-state index contributed by atoms with van der Waals surface area (Å²) >= 11 is 0. The Balaban J connectivity index is 2.01. The first-order chi connectivity index (χ1) is 10.3. The molecule has 0 aromatic carbocycles. The van der Waals surface area contributed by atoms with Gasteiger partial charge in [-0.2, -0.15) is 4.98 Å². The van der Waals surface area contributed by atoms with Crippen molar-refractivity contribution in [3.63, 3.8) is 0 Å². The van der Waals surface area contributed by atoms with Gasteiger partial charge in [-0.15, -0.1) is 0 Å². The van der Waals surface area contributed by atoms with Gasteiger partial charge in [0.2, 0.25) is 5.95 Å². The van der Waals surface area contributed by atoms with Crippen molar-refractivity contribution in [3.05, 3.63) is 12.3 Å². The summed E-state index contributed by atoms with van der Waals surface area (Å²) in [5, 5.41) is 3.62. The van der Waals surface area contributed by atoms with Crippen LogP contribution in [0, 0.1) is 0 Å². The Labute approximate surface area is 129 Å². The van der Waals surface area contributed by atoms with E-state index in [9.17, 15) is 0 Å². The van der Waals surface area contributed by atoms with Gasteiger partial charge in [0.05, 0.1) is 0 Å². The molecule has 0 radical (unpaired) electrons. The Morgan fingerprint density at radius 1 is 1.10 bits per heavy atom. The zero-order valence-electron chi connectivity index (χ0n) is 13.6. The third-order valence-electron chi connectivity index (χ3n) is 4.12. The fraction of sp³-hybridized carbons (Fsp3) is 0.765. The molecule has 21 heavy (non-hydrogen) atoms. The predicted octanol–water partition coefficient (Wildman–Crippen LogP) is 4.24. The van der Waals surface area contributed by atoms with Crippen LogP contribution in [0.4, 0.5) is 11.8 Å². The van der Waals surface area contributed by atoms with E-state index in [-0.39, 0.29) is 0 Å². The van der Waals surface area contributed by atoms with E-state index in [1.54, 1.807) is 0 Å². The SMILES string of the molecule is CCCN(CCC)c1nccc(NC2CCCCCC2)n1. The van der Waals surface area contributed by atoms with Crippen molar-refractivity contribution in [3.8, 4) is 0 Å². The molecule has 0 unspecified atom stereocenters. The van der Waals surface area contributed by atoms with Crippen LogP contribution in [0.3, 0.4) is 0 Å². The molecule has 118 valence electrons. The highest BCUT2D eigenvalue weighted by molar-refractivity contribution is 5.42. The van der Waals surface area contributed by atoms with Crippen LogP contribution < -0.4 is 10.2 Å². The lowest BCUT2D eigenvalue weighted by atomic mass is 10.1. The molecule has 4 nitrogen and oxygen atoms in total. The number of hydrogen-bond donors (Lipinski definition) is 1. The smallest absolute Gasteiger partial charge is 0.227 e. The predicted molar refractivity (Wildman–Crippen MR) is 89.9 cm³/mol. The molecule has 2 rings (SSSR count). The first kappa shape index (κ1) is 16.1. The Kier molecular flexibility index (Phi) is 6.77. The first-order valence-electron chi connectivity index (χ1n) is 8.68. The molecule has 1 aliphatic rings. The highest BCUT2D eigenvalue weighted by Gasteiger charge is 2.14. The fourth-order valence-corrected chi connectivity index (χ4v) is 3.07. The zero-order chi connectivity index (χ0) is 14.9. The summed E-state index contributed by atoms with van der Waals surface area (Å²) in [6, 6.07) is 2.59. The molecule has 4 heteroatoms. The maximum Gasteiger partial charge on any atom is 0.227 e. The van der Waals surface area contributed by atoms with Crippen molar-refractivity contribution in [2.24, 2.45) is 0 Å². The molecular weight excluding hydrogens is 260 g/mol. The van der Waals surface area contributed by atoms with Crippen LogP contribution in [-0.2, 0) is 0 Å². The van der Waals surface area contributed by atoms with Crippen LogP contribution in [-0.4, -0.2) is 29.1 Å². The summed E-state index contributed by atoms with van der Waals surface area (Å²) in [4.78, 5) is 11.5. The van der Waals surface area contributed by atoms with Crippen molar-refractivity contribution >= 4 is 11.8 Å². The molecule has 1 aromatic rings. The number of aromatic nitrogens is 2. The number of nitrogens with zero attached hydrogens (tertiary/aromatic N) is 3. The van der Waals surface area contributed by atoms with Crippen LogP contribution in [0.1, 0.15) is 65.2 Å². The van der Waals surface area contributed by atoms with E-state index >= 15 is 0 Å². The van der Waals surface area contributed by atoms with E-state index in [4.69, 9.17) is 4.98 Å². The molecule has 1 heterocycles. The zero-order valence-corrected chi connectivity index (χ0v) is 13.6. The summed E-state index contributed by atoms with van der Waals surface area (Å²) < 4.78 is 0. The second-order valence-corrected chi connectivity index (χ2v) is 6.06. The molecular formula is C17H30N4. The highest BCUT2D eigenvalue weighted by Crippen LogP contribution is 2.21. The van der Waals surface area contributed by atoms with E-state index in [0.717, 1.165) is 37.7 Å². The quantitative estimate of drug-likeness (QED) is 0.763. The molecule has 1 fully saturated rings. The molecule has 0 bridgehead atoms. The third-order valence-corrected chi connectivity index (χ3v) is 4.12. The largest absolute Gasteiger partial charge is 0.367 e. The molecule has 1 N–H and O–H groups in total. The van der Waals surface area contributed by atoms with Crippen molar-refractivity contribution in [1.29, 1.82) is 0 Å². The van der Waals surface area contributed by atoms with Gasteiger partial charge in [-0.25, -0.2) is 4.98 Å². The topological polar surface area (TPSA) is 41.1 Å². The van der Waals surface area contributed by atoms with Gasteiger partial charge in [-0.1, -0.05) is 39.5 Å². The van der Waals surface area contributed by atoms with Gasteiger partial charge in [0.25, 0.3) is 0 Å². The van der Waals surface area contributed by atoms with Crippen LogP contribution >= 0.6 is 0 Å². The van der Waals surface area contributed by atoms with E-state index < -0.39 is 0 Å².